The monoisotopic (exact) mass is 339 g/mol. The van der Waals surface area contributed by atoms with Gasteiger partial charge >= 0.3 is 0 Å². The first-order chi connectivity index (χ1) is 12.1. The molecule has 1 aromatic heterocycles. The van der Waals surface area contributed by atoms with Crippen LogP contribution >= 0.6 is 0 Å². The van der Waals surface area contributed by atoms with Crippen molar-refractivity contribution in [1.82, 2.24) is 14.8 Å². The van der Waals surface area contributed by atoms with Crippen LogP contribution < -0.4 is 5.32 Å². The van der Waals surface area contributed by atoms with Gasteiger partial charge in [0.25, 0.3) is 5.91 Å². The van der Waals surface area contributed by atoms with Gasteiger partial charge in [0.2, 0.25) is 0 Å². The van der Waals surface area contributed by atoms with Crippen molar-refractivity contribution in [3.8, 4) is 0 Å². The number of aromatic nitrogens is 1. The van der Waals surface area contributed by atoms with E-state index in [1.165, 1.54) is 31.4 Å². The lowest BCUT2D eigenvalue weighted by molar-refractivity contribution is 0.0931. The van der Waals surface area contributed by atoms with E-state index in [1.54, 1.807) is 0 Å². The van der Waals surface area contributed by atoms with Crippen molar-refractivity contribution in [3.05, 3.63) is 59.4 Å². The highest BCUT2D eigenvalue weighted by molar-refractivity contribution is 5.94. The SMILES string of the molecule is Cc1cccc(C(=O)NCC(c2cccn2C)N2CCCCCC2)c1. The van der Waals surface area contributed by atoms with E-state index in [4.69, 9.17) is 0 Å². The molecule has 1 fully saturated rings. The summed E-state index contributed by atoms with van der Waals surface area (Å²) >= 11 is 0. The van der Waals surface area contributed by atoms with Gasteiger partial charge in [0.1, 0.15) is 0 Å². The first-order valence-electron chi connectivity index (χ1n) is 9.35. The summed E-state index contributed by atoms with van der Waals surface area (Å²) in [5.74, 6) is 0.0118. The Hall–Kier alpha value is -2.07. The fourth-order valence-corrected chi connectivity index (χ4v) is 3.73. The second kappa shape index (κ2) is 8.34. The minimum Gasteiger partial charge on any atom is -0.353 e. The van der Waals surface area contributed by atoms with Gasteiger partial charge in [0, 0.05) is 31.0 Å². The molecule has 4 heteroatoms. The molecule has 1 aliphatic rings. The van der Waals surface area contributed by atoms with Crippen LogP contribution in [0, 0.1) is 6.92 Å². The second-order valence-corrected chi connectivity index (χ2v) is 7.09. The fraction of sp³-hybridized carbons (Fsp3) is 0.476. The summed E-state index contributed by atoms with van der Waals surface area (Å²) in [4.78, 5) is 15.1. The van der Waals surface area contributed by atoms with Crippen molar-refractivity contribution in [2.24, 2.45) is 7.05 Å². The van der Waals surface area contributed by atoms with Gasteiger partial charge in [0.15, 0.2) is 0 Å². The van der Waals surface area contributed by atoms with Crippen LogP contribution in [0.1, 0.15) is 53.3 Å². The van der Waals surface area contributed by atoms with Gasteiger partial charge in [-0.2, -0.15) is 0 Å². The molecule has 25 heavy (non-hydrogen) atoms. The lowest BCUT2D eigenvalue weighted by Gasteiger charge is -2.31. The molecule has 2 heterocycles. The van der Waals surface area contributed by atoms with Gasteiger partial charge in [-0.25, -0.2) is 0 Å². The molecule has 1 saturated heterocycles. The molecular formula is C21H29N3O. The van der Waals surface area contributed by atoms with Gasteiger partial charge in [-0.3, -0.25) is 9.69 Å². The first-order valence-corrected chi connectivity index (χ1v) is 9.35. The van der Waals surface area contributed by atoms with E-state index in [0.29, 0.717) is 6.54 Å². The molecule has 1 unspecified atom stereocenters. The van der Waals surface area contributed by atoms with Gasteiger partial charge in [-0.1, -0.05) is 30.5 Å². The van der Waals surface area contributed by atoms with Crippen molar-refractivity contribution in [2.45, 2.75) is 38.6 Å². The predicted octanol–water partition coefficient (Wildman–Crippen LogP) is 3.68. The Morgan fingerprint density at radius 1 is 1.12 bits per heavy atom. The van der Waals surface area contributed by atoms with Crippen LogP contribution in [0.5, 0.6) is 0 Å². The number of amides is 1. The van der Waals surface area contributed by atoms with Crippen LogP contribution in [0.25, 0.3) is 0 Å². The maximum atomic E-state index is 12.6. The number of likely N-dealkylation sites (tertiary alicyclic amines) is 1. The minimum absolute atomic E-state index is 0.0118. The largest absolute Gasteiger partial charge is 0.353 e. The predicted molar refractivity (Wildman–Crippen MR) is 102 cm³/mol. The average molecular weight is 339 g/mol. The molecule has 1 aliphatic heterocycles. The van der Waals surface area contributed by atoms with E-state index >= 15 is 0 Å². The highest BCUT2D eigenvalue weighted by Gasteiger charge is 2.24. The van der Waals surface area contributed by atoms with E-state index in [2.05, 4.69) is 40.2 Å². The molecule has 3 rings (SSSR count). The minimum atomic E-state index is 0.0118. The smallest absolute Gasteiger partial charge is 0.251 e. The van der Waals surface area contributed by atoms with Crippen molar-refractivity contribution < 1.29 is 4.79 Å². The zero-order valence-corrected chi connectivity index (χ0v) is 15.4. The molecule has 4 nitrogen and oxygen atoms in total. The molecule has 0 spiro atoms. The van der Waals surface area contributed by atoms with Gasteiger partial charge in [-0.05, 0) is 57.1 Å². The van der Waals surface area contributed by atoms with Crippen LogP contribution in [0.3, 0.4) is 0 Å². The average Bonchev–Trinajstić information content (AvgIpc) is 2.86. The topological polar surface area (TPSA) is 37.3 Å². The van der Waals surface area contributed by atoms with Crippen molar-refractivity contribution >= 4 is 5.91 Å². The molecule has 0 aliphatic carbocycles. The number of carbonyl (C=O) groups excluding carboxylic acids is 1. The van der Waals surface area contributed by atoms with Crippen LogP contribution in [0.15, 0.2) is 42.6 Å². The van der Waals surface area contributed by atoms with Crippen LogP contribution in [0.4, 0.5) is 0 Å². The zero-order chi connectivity index (χ0) is 17.6. The summed E-state index contributed by atoms with van der Waals surface area (Å²) in [6.07, 6.45) is 7.19. The maximum absolute atomic E-state index is 12.6. The van der Waals surface area contributed by atoms with E-state index in [9.17, 15) is 4.79 Å². The molecule has 0 bridgehead atoms. The molecular weight excluding hydrogens is 310 g/mol. The normalized spacial score (nSPS) is 17.0. The van der Waals surface area contributed by atoms with E-state index in [-0.39, 0.29) is 11.9 Å². The van der Waals surface area contributed by atoms with Crippen LogP contribution in [-0.2, 0) is 7.05 Å². The van der Waals surface area contributed by atoms with Gasteiger partial charge < -0.3 is 9.88 Å². The van der Waals surface area contributed by atoms with Crippen molar-refractivity contribution in [3.63, 3.8) is 0 Å². The highest BCUT2D eigenvalue weighted by Crippen LogP contribution is 2.24. The third-order valence-electron chi connectivity index (χ3n) is 5.14. The number of aryl methyl sites for hydroxylation is 2. The molecule has 1 N–H and O–H groups in total. The number of hydrogen-bond donors (Lipinski definition) is 1. The lowest BCUT2D eigenvalue weighted by atomic mass is 10.1. The quantitative estimate of drug-likeness (QED) is 0.902. The number of benzene rings is 1. The molecule has 2 aromatic rings. The van der Waals surface area contributed by atoms with Crippen molar-refractivity contribution in [1.29, 1.82) is 0 Å². The van der Waals surface area contributed by atoms with E-state index in [1.807, 2.05) is 31.2 Å². The molecule has 1 amide bonds. The fourth-order valence-electron chi connectivity index (χ4n) is 3.73. The summed E-state index contributed by atoms with van der Waals surface area (Å²) in [5.41, 5.74) is 3.12. The van der Waals surface area contributed by atoms with Gasteiger partial charge in [-0.15, -0.1) is 0 Å². The Balaban J connectivity index is 1.73. The van der Waals surface area contributed by atoms with Crippen LogP contribution in [-0.4, -0.2) is 35.0 Å². The lowest BCUT2D eigenvalue weighted by Crippen LogP contribution is -2.39. The van der Waals surface area contributed by atoms with E-state index in [0.717, 1.165) is 24.2 Å². The molecule has 0 radical (unpaired) electrons. The summed E-state index contributed by atoms with van der Waals surface area (Å²) in [6, 6.07) is 12.3. The molecule has 1 atom stereocenters. The number of hydrogen-bond acceptors (Lipinski definition) is 2. The second-order valence-electron chi connectivity index (χ2n) is 7.09. The molecule has 134 valence electrons. The Morgan fingerprint density at radius 3 is 2.52 bits per heavy atom. The first kappa shape index (κ1) is 17.7. The summed E-state index contributed by atoms with van der Waals surface area (Å²) in [7, 11) is 2.09. The third-order valence-corrected chi connectivity index (χ3v) is 5.14. The number of rotatable bonds is 5. The molecule has 0 saturated carbocycles. The molecule has 1 aromatic carbocycles. The summed E-state index contributed by atoms with van der Waals surface area (Å²) < 4.78 is 2.17. The number of nitrogens with zero attached hydrogens (tertiary/aromatic N) is 2. The standard InChI is InChI=1S/C21H29N3O/c1-17-9-7-10-18(15-17)21(25)22-16-20(19-11-8-12-23(19)2)24-13-5-3-4-6-14-24/h7-12,15,20H,3-6,13-14,16H2,1-2H3,(H,22,25). The maximum Gasteiger partial charge on any atom is 0.251 e. The Labute approximate surface area is 150 Å². The zero-order valence-electron chi connectivity index (χ0n) is 15.4. The number of nitrogens with one attached hydrogen (secondary N) is 1. The Morgan fingerprint density at radius 2 is 1.88 bits per heavy atom. The van der Waals surface area contributed by atoms with Crippen LogP contribution in [0.2, 0.25) is 0 Å². The summed E-state index contributed by atoms with van der Waals surface area (Å²) in [5, 5.41) is 3.17. The Kier molecular flexibility index (Phi) is 5.92. The van der Waals surface area contributed by atoms with Crippen molar-refractivity contribution in [2.75, 3.05) is 19.6 Å². The third kappa shape index (κ3) is 4.51. The highest BCUT2D eigenvalue weighted by atomic mass is 16.1. The van der Waals surface area contributed by atoms with E-state index < -0.39 is 0 Å². The summed E-state index contributed by atoms with van der Waals surface area (Å²) in [6.45, 7) is 4.87. The van der Waals surface area contributed by atoms with Gasteiger partial charge in [0.05, 0.1) is 6.04 Å². The number of carbonyl (C=O) groups is 1. The Bertz CT molecular complexity index is 699.